The summed E-state index contributed by atoms with van der Waals surface area (Å²) in [6, 6.07) is 3.28. The van der Waals surface area contributed by atoms with Gasteiger partial charge in [-0.1, -0.05) is 0 Å². The molecule has 1 unspecified atom stereocenters. The zero-order valence-corrected chi connectivity index (χ0v) is 11.1. The van der Waals surface area contributed by atoms with Gasteiger partial charge in [0.2, 0.25) is 5.91 Å². The number of ether oxygens (including phenoxy) is 1. The molecule has 1 atom stereocenters. The fourth-order valence-electron chi connectivity index (χ4n) is 2.07. The minimum absolute atomic E-state index is 0.240. The minimum atomic E-state index is -0.973. The van der Waals surface area contributed by atoms with Crippen molar-refractivity contribution in [1.82, 2.24) is 5.32 Å². The fourth-order valence-corrected chi connectivity index (χ4v) is 2.07. The van der Waals surface area contributed by atoms with E-state index in [0.717, 1.165) is 38.1 Å². The van der Waals surface area contributed by atoms with E-state index >= 15 is 0 Å². The molecule has 1 aromatic carbocycles. The fraction of sp³-hybridized carbons (Fsp3) is 0.500. The third kappa shape index (κ3) is 4.54. The topological polar surface area (TPSA) is 50.4 Å². The molecule has 6 heteroatoms. The molecule has 0 spiro atoms. The van der Waals surface area contributed by atoms with E-state index in [1.165, 1.54) is 6.07 Å². The van der Waals surface area contributed by atoms with Crippen molar-refractivity contribution in [3.05, 3.63) is 29.8 Å². The SMILES string of the molecule is O=C(CCNCC1CCCO1)Nc1ccc(F)c(F)c1. The largest absolute Gasteiger partial charge is 0.377 e. The van der Waals surface area contributed by atoms with Crippen LogP contribution in [0.1, 0.15) is 19.3 Å². The van der Waals surface area contributed by atoms with Gasteiger partial charge in [-0.25, -0.2) is 8.78 Å². The van der Waals surface area contributed by atoms with E-state index in [0.29, 0.717) is 6.54 Å². The Labute approximate surface area is 116 Å². The molecular weight excluding hydrogens is 266 g/mol. The van der Waals surface area contributed by atoms with Crippen LogP contribution in [0.4, 0.5) is 14.5 Å². The van der Waals surface area contributed by atoms with Crippen LogP contribution in [0.3, 0.4) is 0 Å². The first-order valence-corrected chi connectivity index (χ1v) is 6.72. The molecule has 0 aromatic heterocycles. The van der Waals surface area contributed by atoms with E-state index in [1.54, 1.807) is 0 Å². The molecule has 1 saturated heterocycles. The number of anilines is 1. The molecule has 0 aliphatic carbocycles. The summed E-state index contributed by atoms with van der Waals surface area (Å²) in [5.74, 6) is -2.14. The van der Waals surface area contributed by atoms with Crippen LogP contribution >= 0.6 is 0 Å². The molecule has 4 nitrogen and oxygen atoms in total. The third-order valence-corrected chi connectivity index (χ3v) is 3.13. The van der Waals surface area contributed by atoms with Crippen molar-refractivity contribution >= 4 is 11.6 Å². The lowest BCUT2D eigenvalue weighted by atomic mass is 10.2. The van der Waals surface area contributed by atoms with E-state index < -0.39 is 11.6 Å². The van der Waals surface area contributed by atoms with Gasteiger partial charge < -0.3 is 15.4 Å². The number of amides is 1. The van der Waals surface area contributed by atoms with Crippen LogP contribution < -0.4 is 10.6 Å². The molecule has 1 heterocycles. The first kappa shape index (κ1) is 14.9. The Hall–Kier alpha value is -1.53. The Bertz CT molecular complexity index is 462. The van der Waals surface area contributed by atoms with E-state index in [1.807, 2.05) is 0 Å². The number of carbonyl (C=O) groups excluding carboxylic acids is 1. The number of nitrogens with one attached hydrogen (secondary N) is 2. The Morgan fingerprint density at radius 2 is 2.20 bits per heavy atom. The van der Waals surface area contributed by atoms with Gasteiger partial charge in [-0.3, -0.25) is 4.79 Å². The number of rotatable bonds is 6. The van der Waals surface area contributed by atoms with Gasteiger partial charge in [-0.15, -0.1) is 0 Å². The number of halogens is 2. The molecule has 1 fully saturated rings. The summed E-state index contributed by atoms with van der Waals surface area (Å²) in [6.07, 6.45) is 2.65. The molecule has 0 radical (unpaired) electrons. The lowest BCUT2D eigenvalue weighted by Gasteiger charge is -2.10. The van der Waals surface area contributed by atoms with Crippen molar-refractivity contribution in [3.63, 3.8) is 0 Å². The average Bonchev–Trinajstić information content (AvgIpc) is 2.92. The second-order valence-corrected chi connectivity index (χ2v) is 4.77. The van der Waals surface area contributed by atoms with Crippen molar-refractivity contribution in [2.75, 3.05) is 25.0 Å². The molecule has 1 aromatic rings. The predicted octanol–water partition coefficient (Wildman–Crippen LogP) is 2.06. The third-order valence-electron chi connectivity index (χ3n) is 3.13. The summed E-state index contributed by atoms with van der Waals surface area (Å²) < 4.78 is 31.1. The summed E-state index contributed by atoms with van der Waals surface area (Å²) in [7, 11) is 0. The first-order chi connectivity index (χ1) is 9.65. The molecule has 1 aliphatic rings. The van der Waals surface area contributed by atoms with Gasteiger partial charge in [0.1, 0.15) is 0 Å². The van der Waals surface area contributed by atoms with Gasteiger partial charge in [0.25, 0.3) is 0 Å². The number of carbonyl (C=O) groups is 1. The molecule has 0 saturated carbocycles. The van der Waals surface area contributed by atoms with Crippen LogP contribution in [-0.2, 0) is 9.53 Å². The highest BCUT2D eigenvalue weighted by molar-refractivity contribution is 5.90. The molecule has 1 amide bonds. The van der Waals surface area contributed by atoms with Crippen LogP contribution in [0.5, 0.6) is 0 Å². The summed E-state index contributed by atoms with van der Waals surface area (Å²) in [4.78, 5) is 11.6. The van der Waals surface area contributed by atoms with Gasteiger partial charge >= 0.3 is 0 Å². The smallest absolute Gasteiger partial charge is 0.225 e. The molecule has 110 valence electrons. The number of benzene rings is 1. The Morgan fingerprint density at radius 1 is 1.35 bits per heavy atom. The van der Waals surface area contributed by atoms with Gasteiger partial charge in [0, 0.05) is 37.9 Å². The number of hydrogen-bond donors (Lipinski definition) is 2. The molecular formula is C14H18F2N2O2. The van der Waals surface area contributed by atoms with Crippen molar-refractivity contribution in [3.8, 4) is 0 Å². The number of hydrogen-bond acceptors (Lipinski definition) is 3. The van der Waals surface area contributed by atoms with Crippen molar-refractivity contribution < 1.29 is 18.3 Å². The second-order valence-electron chi connectivity index (χ2n) is 4.77. The van der Waals surface area contributed by atoms with E-state index in [9.17, 15) is 13.6 Å². The maximum atomic E-state index is 13.0. The minimum Gasteiger partial charge on any atom is -0.377 e. The molecule has 2 rings (SSSR count). The first-order valence-electron chi connectivity index (χ1n) is 6.72. The Balaban J connectivity index is 1.65. The molecule has 2 N–H and O–H groups in total. The van der Waals surface area contributed by atoms with Gasteiger partial charge in [0.15, 0.2) is 11.6 Å². The zero-order valence-electron chi connectivity index (χ0n) is 11.1. The molecule has 1 aliphatic heterocycles. The lowest BCUT2D eigenvalue weighted by Crippen LogP contribution is -2.29. The monoisotopic (exact) mass is 284 g/mol. The Kier molecular flexibility index (Phi) is 5.43. The summed E-state index contributed by atoms with van der Waals surface area (Å²) in [5.41, 5.74) is 0.257. The Morgan fingerprint density at radius 3 is 2.90 bits per heavy atom. The highest BCUT2D eigenvalue weighted by Crippen LogP contribution is 2.13. The summed E-state index contributed by atoms with van der Waals surface area (Å²) >= 11 is 0. The zero-order chi connectivity index (χ0) is 14.4. The molecule has 0 bridgehead atoms. The maximum Gasteiger partial charge on any atom is 0.225 e. The second kappa shape index (κ2) is 7.31. The van der Waals surface area contributed by atoms with Crippen molar-refractivity contribution in [2.24, 2.45) is 0 Å². The summed E-state index contributed by atoms with van der Waals surface area (Å²) in [6.45, 7) is 2.07. The average molecular weight is 284 g/mol. The lowest BCUT2D eigenvalue weighted by molar-refractivity contribution is -0.116. The van der Waals surface area contributed by atoms with E-state index in [-0.39, 0.29) is 24.1 Å². The highest BCUT2D eigenvalue weighted by Gasteiger charge is 2.14. The van der Waals surface area contributed by atoms with Crippen molar-refractivity contribution in [1.29, 1.82) is 0 Å². The predicted molar refractivity (Wildman–Crippen MR) is 71.4 cm³/mol. The van der Waals surface area contributed by atoms with E-state index in [4.69, 9.17) is 4.74 Å². The normalized spacial score (nSPS) is 18.2. The quantitative estimate of drug-likeness (QED) is 0.786. The summed E-state index contributed by atoms with van der Waals surface area (Å²) in [5, 5.41) is 5.67. The van der Waals surface area contributed by atoms with Crippen LogP contribution in [0, 0.1) is 11.6 Å². The molecule has 20 heavy (non-hydrogen) atoms. The van der Waals surface area contributed by atoms with Crippen LogP contribution in [0.25, 0.3) is 0 Å². The standard InChI is InChI=1S/C14H18F2N2O2/c15-12-4-3-10(8-13(12)16)18-14(19)5-6-17-9-11-2-1-7-20-11/h3-4,8,11,17H,1-2,5-7,9H2,(H,18,19). The maximum absolute atomic E-state index is 13.0. The van der Waals surface area contributed by atoms with Crippen LogP contribution in [0.15, 0.2) is 18.2 Å². The highest BCUT2D eigenvalue weighted by atomic mass is 19.2. The van der Waals surface area contributed by atoms with Crippen LogP contribution in [-0.4, -0.2) is 31.7 Å². The van der Waals surface area contributed by atoms with Gasteiger partial charge in [-0.05, 0) is 25.0 Å². The van der Waals surface area contributed by atoms with Crippen molar-refractivity contribution in [2.45, 2.75) is 25.4 Å². The van der Waals surface area contributed by atoms with Crippen LogP contribution in [0.2, 0.25) is 0 Å². The van der Waals surface area contributed by atoms with Gasteiger partial charge in [0.05, 0.1) is 6.10 Å². The van der Waals surface area contributed by atoms with Gasteiger partial charge in [-0.2, -0.15) is 0 Å². The van der Waals surface area contributed by atoms with E-state index in [2.05, 4.69) is 10.6 Å².